The van der Waals surface area contributed by atoms with E-state index in [0.717, 1.165) is 25.7 Å². The summed E-state index contributed by atoms with van der Waals surface area (Å²) in [5, 5.41) is 2.84. The lowest BCUT2D eigenvalue weighted by Crippen LogP contribution is -2.27. The maximum absolute atomic E-state index is 11.8. The van der Waals surface area contributed by atoms with E-state index in [4.69, 9.17) is 4.74 Å². The molecule has 1 amide bonds. The molecule has 0 aliphatic carbocycles. The van der Waals surface area contributed by atoms with Crippen molar-refractivity contribution in [3.63, 3.8) is 0 Å². The maximum atomic E-state index is 11.8. The average molecular weight is 412 g/mol. The Morgan fingerprint density at radius 1 is 0.586 bits per heavy atom. The topological polar surface area (TPSA) is 55.4 Å². The molecule has 0 rings (SSSR count). The molecule has 4 heteroatoms. The zero-order valence-electron chi connectivity index (χ0n) is 19.6. The summed E-state index contributed by atoms with van der Waals surface area (Å²) in [5.41, 5.74) is 0. The molecule has 0 bridgehead atoms. The Labute approximate surface area is 180 Å². The highest BCUT2D eigenvalue weighted by Crippen LogP contribution is 2.12. The summed E-state index contributed by atoms with van der Waals surface area (Å²) >= 11 is 0. The highest BCUT2D eigenvalue weighted by atomic mass is 16.5. The van der Waals surface area contributed by atoms with Crippen LogP contribution in [0.25, 0.3) is 0 Å². The van der Waals surface area contributed by atoms with E-state index in [-0.39, 0.29) is 18.5 Å². The van der Waals surface area contributed by atoms with Crippen LogP contribution in [0.15, 0.2) is 0 Å². The highest BCUT2D eigenvalue weighted by molar-refractivity contribution is 5.75. The first-order chi connectivity index (χ1) is 14.2. The zero-order chi connectivity index (χ0) is 21.4. The summed E-state index contributed by atoms with van der Waals surface area (Å²) in [5.74, 6) is -0.0705. The normalized spacial score (nSPS) is 10.8. The number of hydrogen-bond acceptors (Lipinski definition) is 3. The Balaban J connectivity index is 3.25. The second-order valence-corrected chi connectivity index (χ2v) is 8.37. The van der Waals surface area contributed by atoms with Crippen LogP contribution < -0.4 is 5.32 Å². The monoisotopic (exact) mass is 411 g/mol. The average Bonchev–Trinajstić information content (AvgIpc) is 2.72. The Bertz CT molecular complexity index is 371. The summed E-state index contributed by atoms with van der Waals surface area (Å²) in [7, 11) is 0. The molecule has 0 fully saturated rings. The number of nitrogens with one attached hydrogen (secondary N) is 1. The van der Waals surface area contributed by atoms with E-state index in [2.05, 4.69) is 19.2 Å². The van der Waals surface area contributed by atoms with E-state index in [9.17, 15) is 9.59 Å². The summed E-state index contributed by atoms with van der Waals surface area (Å²) in [4.78, 5) is 23.3. The number of amides is 1. The highest BCUT2D eigenvalue weighted by Gasteiger charge is 2.04. The molecule has 0 aliphatic rings. The van der Waals surface area contributed by atoms with E-state index < -0.39 is 0 Å². The lowest BCUT2D eigenvalue weighted by molar-refractivity contribution is -0.144. The minimum absolute atomic E-state index is 0.0760. The van der Waals surface area contributed by atoms with Gasteiger partial charge in [-0.2, -0.15) is 0 Å². The summed E-state index contributed by atoms with van der Waals surface area (Å²) in [6.07, 6.45) is 22.5. The van der Waals surface area contributed by atoms with Gasteiger partial charge in [0.15, 0.2) is 0 Å². The minimum Gasteiger partial charge on any atom is -0.464 e. The molecule has 0 spiro atoms. The smallest absolute Gasteiger partial charge is 0.305 e. The van der Waals surface area contributed by atoms with E-state index in [1.165, 1.54) is 83.5 Å². The molecular weight excluding hydrogens is 362 g/mol. The molecule has 0 radical (unpaired) electrons. The van der Waals surface area contributed by atoms with Gasteiger partial charge in [-0.15, -0.1) is 0 Å². The van der Waals surface area contributed by atoms with Crippen LogP contribution in [-0.4, -0.2) is 25.0 Å². The molecule has 0 aromatic carbocycles. The van der Waals surface area contributed by atoms with E-state index in [1.807, 2.05) is 0 Å². The molecule has 0 aromatic heterocycles. The SMILES string of the molecule is CCCCCCCCCCCCCCCC(=O)NCCOC(=O)CCCCCC. The number of carbonyl (C=O) groups is 2. The van der Waals surface area contributed by atoms with Gasteiger partial charge in [-0.25, -0.2) is 0 Å². The molecule has 172 valence electrons. The fourth-order valence-corrected chi connectivity index (χ4v) is 3.52. The van der Waals surface area contributed by atoms with Crippen LogP contribution in [-0.2, 0) is 14.3 Å². The van der Waals surface area contributed by atoms with Crippen LogP contribution in [0.3, 0.4) is 0 Å². The van der Waals surface area contributed by atoms with Gasteiger partial charge in [0.05, 0.1) is 6.54 Å². The van der Waals surface area contributed by atoms with E-state index in [1.54, 1.807) is 0 Å². The molecule has 0 saturated heterocycles. The second kappa shape index (κ2) is 23.2. The molecule has 0 saturated carbocycles. The number of ether oxygens (including phenoxy) is 1. The van der Waals surface area contributed by atoms with Crippen molar-refractivity contribution in [2.45, 2.75) is 136 Å². The first-order valence-corrected chi connectivity index (χ1v) is 12.6. The van der Waals surface area contributed by atoms with Crippen LogP contribution in [0.5, 0.6) is 0 Å². The third-order valence-corrected chi connectivity index (χ3v) is 5.43. The Morgan fingerprint density at radius 2 is 1.00 bits per heavy atom. The molecule has 0 aromatic rings. The van der Waals surface area contributed by atoms with Crippen molar-refractivity contribution < 1.29 is 14.3 Å². The number of esters is 1. The third kappa shape index (κ3) is 23.1. The Hall–Kier alpha value is -1.06. The van der Waals surface area contributed by atoms with E-state index in [0.29, 0.717) is 19.4 Å². The number of unbranched alkanes of at least 4 members (excludes halogenated alkanes) is 15. The van der Waals surface area contributed by atoms with Gasteiger partial charge in [0.1, 0.15) is 6.61 Å². The van der Waals surface area contributed by atoms with Crippen molar-refractivity contribution in [2.24, 2.45) is 0 Å². The van der Waals surface area contributed by atoms with Gasteiger partial charge in [-0.05, 0) is 12.8 Å². The molecule has 0 unspecified atom stereocenters. The first-order valence-electron chi connectivity index (χ1n) is 12.6. The fourth-order valence-electron chi connectivity index (χ4n) is 3.52. The van der Waals surface area contributed by atoms with Crippen LogP contribution in [0.1, 0.15) is 136 Å². The van der Waals surface area contributed by atoms with E-state index >= 15 is 0 Å². The molecule has 0 heterocycles. The van der Waals surface area contributed by atoms with Crippen molar-refractivity contribution in [1.29, 1.82) is 0 Å². The lowest BCUT2D eigenvalue weighted by atomic mass is 10.0. The zero-order valence-corrected chi connectivity index (χ0v) is 19.6. The van der Waals surface area contributed by atoms with Crippen LogP contribution in [0, 0.1) is 0 Å². The van der Waals surface area contributed by atoms with Crippen LogP contribution in [0.2, 0.25) is 0 Å². The van der Waals surface area contributed by atoms with Crippen molar-refractivity contribution in [3.05, 3.63) is 0 Å². The molecule has 4 nitrogen and oxygen atoms in total. The first kappa shape index (κ1) is 27.9. The van der Waals surface area contributed by atoms with Gasteiger partial charge in [0.2, 0.25) is 5.91 Å². The van der Waals surface area contributed by atoms with Gasteiger partial charge >= 0.3 is 5.97 Å². The van der Waals surface area contributed by atoms with Gasteiger partial charge in [0, 0.05) is 12.8 Å². The molecule has 1 N–H and O–H groups in total. The minimum atomic E-state index is -0.146. The van der Waals surface area contributed by atoms with Crippen molar-refractivity contribution in [3.8, 4) is 0 Å². The lowest BCUT2D eigenvalue weighted by Gasteiger charge is -2.07. The number of carbonyl (C=O) groups excluding carboxylic acids is 2. The van der Waals surface area contributed by atoms with Crippen molar-refractivity contribution >= 4 is 11.9 Å². The van der Waals surface area contributed by atoms with Gasteiger partial charge in [0.25, 0.3) is 0 Å². The predicted octanol–water partition coefficient (Wildman–Crippen LogP) is 7.10. The van der Waals surface area contributed by atoms with Gasteiger partial charge < -0.3 is 10.1 Å². The Kier molecular flexibility index (Phi) is 22.4. The largest absolute Gasteiger partial charge is 0.464 e. The Morgan fingerprint density at radius 3 is 1.52 bits per heavy atom. The number of hydrogen-bond donors (Lipinski definition) is 1. The standard InChI is InChI=1S/C25H49NO3/c1-3-5-7-9-10-11-12-13-14-15-16-17-18-20-24(27)26-22-23-29-25(28)21-19-8-6-4-2/h3-23H2,1-2H3,(H,26,27). The summed E-state index contributed by atoms with van der Waals surface area (Å²) < 4.78 is 5.14. The van der Waals surface area contributed by atoms with Crippen LogP contribution in [0.4, 0.5) is 0 Å². The quantitative estimate of drug-likeness (QED) is 0.153. The molecule has 0 atom stereocenters. The summed E-state index contributed by atoms with van der Waals surface area (Å²) in [6, 6.07) is 0. The fraction of sp³-hybridized carbons (Fsp3) is 0.920. The third-order valence-electron chi connectivity index (χ3n) is 5.43. The number of rotatable bonds is 22. The molecular formula is C25H49NO3. The summed E-state index contributed by atoms with van der Waals surface area (Å²) in [6.45, 7) is 5.14. The van der Waals surface area contributed by atoms with Crippen molar-refractivity contribution in [1.82, 2.24) is 5.32 Å². The van der Waals surface area contributed by atoms with Gasteiger partial charge in [-0.1, -0.05) is 110 Å². The van der Waals surface area contributed by atoms with Crippen molar-refractivity contribution in [2.75, 3.05) is 13.2 Å². The second-order valence-electron chi connectivity index (χ2n) is 8.37. The molecule has 29 heavy (non-hydrogen) atoms. The molecule has 0 aliphatic heterocycles. The van der Waals surface area contributed by atoms with Gasteiger partial charge in [-0.3, -0.25) is 9.59 Å². The maximum Gasteiger partial charge on any atom is 0.305 e. The predicted molar refractivity (Wildman–Crippen MR) is 123 cm³/mol. The van der Waals surface area contributed by atoms with Crippen LogP contribution >= 0.6 is 0 Å².